The first-order chi connectivity index (χ1) is 7.53. The number of rotatable bonds is 4. The van der Waals surface area contributed by atoms with E-state index in [1.807, 2.05) is 26.1 Å². The molecule has 0 amide bonds. The Morgan fingerprint density at radius 1 is 1.35 bits per heavy atom. The summed E-state index contributed by atoms with van der Waals surface area (Å²) in [6.07, 6.45) is -5.19. The second kappa shape index (κ2) is 7.88. The molecule has 0 aliphatic carbocycles. The Labute approximate surface area is 96.6 Å². The van der Waals surface area contributed by atoms with Crippen LogP contribution in [0.2, 0.25) is 0 Å². The van der Waals surface area contributed by atoms with Gasteiger partial charge in [-0.2, -0.15) is 13.2 Å². The van der Waals surface area contributed by atoms with Gasteiger partial charge in [-0.25, -0.2) is 4.79 Å². The number of halogens is 3. The summed E-state index contributed by atoms with van der Waals surface area (Å²) in [5.74, 6) is -3.51. The van der Waals surface area contributed by atoms with Crippen LogP contribution >= 0.6 is 0 Å². The number of carboxylic acids is 2. The molecule has 0 spiro atoms. The molecule has 0 aromatic heterocycles. The van der Waals surface area contributed by atoms with Crippen molar-refractivity contribution in [1.82, 2.24) is 0 Å². The largest absolute Gasteiger partial charge is 0.542 e. The zero-order valence-electron chi connectivity index (χ0n) is 9.75. The van der Waals surface area contributed by atoms with Crippen molar-refractivity contribution >= 4 is 11.9 Å². The van der Waals surface area contributed by atoms with Gasteiger partial charge in [-0.05, 0) is 6.92 Å². The van der Waals surface area contributed by atoms with Gasteiger partial charge in [0.1, 0.15) is 5.97 Å². The van der Waals surface area contributed by atoms with Gasteiger partial charge in [0.25, 0.3) is 0 Å². The molecular formula is C9H16F3NO4. The lowest BCUT2D eigenvalue weighted by Crippen LogP contribution is -2.92. The Bertz CT molecular complexity index is 253. The van der Waals surface area contributed by atoms with E-state index in [0.29, 0.717) is 0 Å². The van der Waals surface area contributed by atoms with Gasteiger partial charge >= 0.3 is 12.1 Å². The third kappa shape index (κ3) is 9.61. The van der Waals surface area contributed by atoms with Gasteiger partial charge in [-0.1, -0.05) is 13.8 Å². The van der Waals surface area contributed by atoms with Crippen LogP contribution in [0.4, 0.5) is 13.2 Å². The summed E-state index contributed by atoms with van der Waals surface area (Å²) in [6, 6.07) is -0.273. The van der Waals surface area contributed by atoms with E-state index in [9.17, 15) is 18.0 Å². The van der Waals surface area contributed by atoms with Gasteiger partial charge in [0.05, 0.1) is 6.54 Å². The summed E-state index contributed by atoms with van der Waals surface area (Å²) in [4.78, 5) is 19.3. The number of carbonyl (C=O) groups excluding carboxylic acids is 1. The lowest BCUT2D eigenvalue weighted by molar-refractivity contribution is -0.680. The molecule has 0 aliphatic heterocycles. The third-order valence-corrected chi connectivity index (χ3v) is 1.72. The summed E-state index contributed by atoms with van der Waals surface area (Å²) in [5.41, 5.74) is 0. The maximum Gasteiger partial charge on any atom is 0.430 e. The highest BCUT2D eigenvalue weighted by Crippen LogP contribution is 2.11. The number of aliphatic carboxylic acids is 2. The summed E-state index contributed by atoms with van der Waals surface area (Å²) < 4.78 is 31.5. The molecule has 8 heteroatoms. The first-order valence-electron chi connectivity index (χ1n) is 4.88. The SMILES string of the molecule is CC[NH2+][C@H](C(=O)O)C(C)C.O=C([O-])C(F)(F)F. The molecule has 0 aliphatic rings. The minimum atomic E-state index is -5.19. The maximum atomic E-state index is 10.5. The van der Waals surface area contributed by atoms with Gasteiger partial charge in [-0.3, -0.25) is 0 Å². The molecule has 0 fully saturated rings. The van der Waals surface area contributed by atoms with Gasteiger partial charge < -0.3 is 20.3 Å². The standard InChI is InChI=1S/C7H15NO2.C2HF3O2/c1-4-8-6(5(2)3)7(9)10;3-2(4,5)1(6)7/h5-6,8H,4H2,1-3H3,(H,9,10);(H,6,7)/t6-;/m0./s1. The monoisotopic (exact) mass is 259 g/mol. The average molecular weight is 259 g/mol. The maximum absolute atomic E-state index is 10.5. The number of quaternary nitrogens is 1. The summed E-state index contributed by atoms with van der Waals surface area (Å²) >= 11 is 0. The van der Waals surface area contributed by atoms with Crippen LogP contribution in [0.1, 0.15) is 20.8 Å². The van der Waals surface area contributed by atoms with Crippen molar-refractivity contribution in [2.24, 2.45) is 5.92 Å². The van der Waals surface area contributed by atoms with Crippen LogP contribution in [0.5, 0.6) is 0 Å². The Morgan fingerprint density at radius 2 is 1.71 bits per heavy atom. The number of carboxylic acid groups (broad SMARTS) is 2. The van der Waals surface area contributed by atoms with E-state index in [0.717, 1.165) is 6.54 Å². The quantitative estimate of drug-likeness (QED) is 0.675. The van der Waals surface area contributed by atoms with Crippen LogP contribution in [0.15, 0.2) is 0 Å². The number of hydrogen-bond acceptors (Lipinski definition) is 3. The van der Waals surface area contributed by atoms with Crippen molar-refractivity contribution in [2.75, 3.05) is 6.54 Å². The summed E-state index contributed by atoms with van der Waals surface area (Å²) in [7, 11) is 0. The molecule has 102 valence electrons. The summed E-state index contributed by atoms with van der Waals surface area (Å²) in [6.45, 7) is 6.63. The molecular weight excluding hydrogens is 243 g/mol. The summed E-state index contributed by atoms with van der Waals surface area (Å²) in [5, 5.41) is 19.3. The van der Waals surface area contributed by atoms with Crippen LogP contribution < -0.4 is 10.4 Å². The first kappa shape index (κ1) is 18.1. The molecule has 0 aromatic carbocycles. The zero-order valence-corrected chi connectivity index (χ0v) is 9.75. The van der Waals surface area contributed by atoms with E-state index in [1.165, 1.54) is 0 Å². The Morgan fingerprint density at radius 3 is 1.76 bits per heavy atom. The van der Waals surface area contributed by atoms with Crippen molar-refractivity contribution in [1.29, 1.82) is 0 Å². The Balaban J connectivity index is 0. The molecule has 0 bridgehead atoms. The molecule has 5 nitrogen and oxygen atoms in total. The molecule has 0 radical (unpaired) electrons. The molecule has 0 heterocycles. The fourth-order valence-electron chi connectivity index (χ4n) is 0.912. The van der Waals surface area contributed by atoms with Gasteiger partial charge in [0, 0.05) is 5.92 Å². The third-order valence-electron chi connectivity index (χ3n) is 1.72. The van der Waals surface area contributed by atoms with Gasteiger partial charge in [0.2, 0.25) is 0 Å². The van der Waals surface area contributed by atoms with E-state index >= 15 is 0 Å². The van der Waals surface area contributed by atoms with E-state index in [4.69, 9.17) is 15.0 Å². The van der Waals surface area contributed by atoms with Crippen molar-refractivity contribution in [3.63, 3.8) is 0 Å². The number of carbonyl (C=O) groups is 2. The lowest BCUT2D eigenvalue weighted by atomic mass is 10.1. The van der Waals surface area contributed by atoms with Crippen molar-refractivity contribution in [3.8, 4) is 0 Å². The number of hydrogen-bond donors (Lipinski definition) is 2. The number of likely N-dealkylation sites (N-methyl/N-ethyl adjacent to an activating group) is 1. The van der Waals surface area contributed by atoms with Crippen LogP contribution in [0, 0.1) is 5.92 Å². The van der Waals surface area contributed by atoms with Gasteiger partial charge in [0.15, 0.2) is 6.04 Å². The molecule has 17 heavy (non-hydrogen) atoms. The molecule has 0 rings (SSSR count). The topological polar surface area (TPSA) is 94.0 Å². The zero-order chi connectivity index (χ0) is 14.2. The Hall–Kier alpha value is -1.31. The molecule has 0 saturated carbocycles. The smallest absolute Gasteiger partial charge is 0.430 e. The fourth-order valence-corrected chi connectivity index (χ4v) is 0.912. The van der Waals surface area contributed by atoms with Gasteiger partial charge in [-0.15, -0.1) is 0 Å². The van der Waals surface area contributed by atoms with Crippen LogP contribution in [-0.2, 0) is 9.59 Å². The van der Waals surface area contributed by atoms with Crippen LogP contribution in [0.3, 0.4) is 0 Å². The van der Waals surface area contributed by atoms with Crippen molar-refractivity contribution in [2.45, 2.75) is 33.0 Å². The molecule has 0 aromatic rings. The number of alkyl halides is 3. The fraction of sp³-hybridized carbons (Fsp3) is 0.778. The average Bonchev–Trinajstić information content (AvgIpc) is 2.12. The predicted octanol–water partition coefficient (Wildman–Crippen LogP) is -1.02. The first-order valence-corrected chi connectivity index (χ1v) is 4.88. The van der Waals surface area contributed by atoms with Crippen LogP contribution in [0.25, 0.3) is 0 Å². The lowest BCUT2D eigenvalue weighted by Gasteiger charge is -2.12. The highest BCUT2D eigenvalue weighted by Gasteiger charge is 2.28. The van der Waals surface area contributed by atoms with E-state index in [1.54, 1.807) is 0 Å². The molecule has 0 saturated heterocycles. The second-order valence-corrected chi connectivity index (χ2v) is 3.54. The highest BCUT2D eigenvalue weighted by molar-refractivity contribution is 5.71. The minimum Gasteiger partial charge on any atom is -0.542 e. The van der Waals surface area contributed by atoms with E-state index in [2.05, 4.69) is 0 Å². The molecule has 0 unspecified atom stereocenters. The van der Waals surface area contributed by atoms with Crippen molar-refractivity contribution in [3.05, 3.63) is 0 Å². The Kier molecular flexibility index (Phi) is 8.38. The van der Waals surface area contributed by atoms with Crippen molar-refractivity contribution < 1.29 is 38.3 Å². The predicted molar refractivity (Wildman–Crippen MR) is 49.8 cm³/mol. The van der Waals surface area contributed by atoms with E-state index < -0.39 is 18.1 Å². The molecule has 1 atom stereocenters. The van der Waals surface area contributed by atoms with Crippen LogP contribution in [-0.4, -0.2) is 35.8 Å². The second-order valence-electron chi connectivity index (χ2n) is 3.54. The molecule has 3 N–H and O–H groups in total. The minimum absolute atomic E-state index is 0.206. The van der Waals surface area contributed by atoms with E-state index in [-0.39, 0.29) is 12.0 Å². The highest BCUT2D eigenvalue weighted by atomic mass is 19.4. The number of nitrogens with two attached hydrogens (primary N) is 1. The normalized spacial score (nSPS) is 12.6.